The second-order valence-corrected chi connectivity index (χ2v) is 8.82. The van der Waals surface area contributed by atoms with E-state index in [2.05, 4.69) is 31.9 Å². The Labute approximate surface area is 132 Å². The molecule has 0 aliphatic heterocycles. The first kappa shape index (κ1) is 17.1. The van der Waals surface area contributed by atoms with E-state index in [9.17, 15) is 8.42 Å². The molecule has 0 atom stereocenters. The van der Waals surface area contributed by atoms with Crippen molar-refractivity contribution < 1.29 is 8.42 Å². The summed E-state index contributed by atoms with van der Waals surface area (Å²) < 4.78 is 28.2. The van der Waals surface area contributed by atoms with Crippen molar-refractivity contribution in [2.45, 2.75) is 44.6 Å². The maximum absolute atomic E-state index is 12.7. The third-order valence-electron chi connectivity index (χ3n) is 3.57. The Morgan fingerprint density at radius 2 is 1.74 bits per heavy atom. The SMILES string of the molecule is CCC(C)(C)N(C)S(=O)(=O)c1cc(Br)c(C)cc1Br. The first-order valence-corrected chi connectivity index (χ1v) is 9.01. The average molecular weight is 413 g/mol. The molecule has 108 valence electrons. The summed E-state index contributed by atoms with van der Waals surface area (Å²) in [6.45, 7) is 7.74. The van der Waals surface area contributed by atoms with Gasteiger partial charge >= 0.3 is 0 Å². The highest BCUT2D eigenvalue weighted by atomic mass is 79.9. The van der Waals surface area contributed by atoms with E-state index in [1.54, 1.807) is 13.1 Å². The first-order valence-electron chi connectivity index (χ1n) is 5.98. The fourth-order valence-electron chi connectivity index (χ4n) is 1.52. The van der Waals surface area contributed by atoms with Gasteiger partial charge in [0.05, 0.1) is 4.90 Å². The van der Waals surface area contributed by atoms with Crippen LogP contribution in [-0.4, -0.2) is 25.3 Å². The van der Waals surface area contributed by atoms with E-state index in [-0.39, 0.29) is 4.90 Å². The minimum absolute atomic E-state index is 0.286. The van der Waals surface area contributed by atoms with E-state index in [1.165, 1.54) is 4.31 Å². The highest BCUT2D eigenvalue weighted by molar-refractivity contribution is 9.11. The molecule has 0 saturated heterocycles. The van der Waals surface area contributed by atoms with Crippen molar-refractivity contribution in [1.82, 2.24) is 4.31 Å². The molecule has 0 aliphatic carbocycles. The monoisotopic (exact) mass is 411 g/mol. The molecule has 0 fully saturated rings. The summed E-state index contributed by atoms with van der Waals surface area (Å²) in [5, 5.41) is 0. The number of hydrogen-bond donors (Lipinski definition) is 0. The number of halogens is 2. The number of aryl methyl sites for hydroxylation is 1. The van der Waals surface area contributed by atoms with E-state index in [4.69, 9.17) is 0 Å². The third-order valence-corrected chi connectivity index (χ3v) is 7.45. The van der Waals surface area contributed by atoms with E-state index >= 15 is 0 Å². The zero-order valence-electron chi connectivity index (χ0n) is 11.8. The summed E-state index contributed by atoms with van der Waals surface area (Å²) in [7, 11) is -1.90. The van der Waals surface area contributed by atoms with Crippen molar-refractivity contribution in [2.75, 3.05) is 7.05 Å². The Hall–Kier alpha value is 0.0900. The fraction of sp³-hybridized carbons (Fsp3) is 0.538. The number of rotatable bonds is 4. The largest absolute Gasteiger partial charge is 0.244 e. The Morgan fingerprint density at radius 1 is 1.21 bits per heavy atom. The van der Waals surface area contributed by atoms with Crippen molar-refractivity contribution in [3.8, 4) is 0 Å². The molecular formula is C13H19Br2NO2S. The lowest BCUT2D eigenvalue weighted by Crippen LogP contribution is -2.44. The van der Waals surface area contributed by atoms with Crippen LogP contribution in [0.25, 0.3) is 0 Å². The predicted octanol–water partition coefficient (Wildman–Crippen LogP) is 4.33. The van der Waals surface area contributed by atoms with Crippen LogP contribution < -0.4 is 0 Å². The van der Waals surface area contributed by atoms with Gasteiger partial charge in [-0.3, -0.25) is 0 Å². The molecule has 1 rings (SSSR count). The van der Waals surface area contributed by atoms with Gasteiger partial charge in [-0.25, -0.2) is 8.42 Å². The molecule has 1 aromatic rings. The second-order valence-electron chi connectivity index (χ2n) is 5.17. The molecule has 1 aromatic carbocycles. The summed E-state index contributed by atoms with van der Waals surface area (Å²) in [5.74, 6) is 0. The molecule has 6 heteroatoms. The summed E-state index contributed by atoms with van der Waals surface area (Å²) in [6, 6.07) is 3.46. The molecule has 0 amide bonds. The first-order chi connectivity index (χ1) is 8.54. The highest BCUT2D eigenvalue weighted by Crippen LogP contribution is 2.33. The summed E-state index contributed by atoms with van der Waals surface area (Å²) in [5.41, 5.74) is 0.568. The number of hydrogen-bond acceptors (Lipinski definition) is 2. The lowest BCUT2D eigenvalue weighted by Gasteiger charge is -2.34. The van der Waals surface area contributed by atoms with E-state index in [1.807, 2.05) is 33.8 Å². The topological polar surface area (TPSA) is 37.4 Å². The van der Waals surface area contributed by atoms with Gasteiger partial charge < -0.3 is 0 Å². The van der Waals surface area contributed by atoms with E-state index in [0.717, 1.165) is 16.5 Å². The normalized spacial score (nSPS) is 13.1. The quantitative estimate of drug-likeness (QED) is 0.737. The van der Waals surface area contributed by atoms with Gasteiger partial charge in [0.1, 0.15) is 0 Å². The standard InChI is InChI=1S/C13H19Br2NO2S/c1-6-13(3,4)16(5)19(17,18)12-8-10(14)9(2)7-11(12)15/h7-8H,6H2,1-5H3. The van der Waals surface area contributed by atoms with Crippen LogP contribution in [0.5, 0.6) is 0 Å². The molecule has 0 radical (unpaired) electrons. The van der Waals surface area contributed by atoms with Gasteiger partial charge in [-0.05, 0) is 60.8 Å². The highest BCUT2D eigenvalue weighted by Gasteiger charge is 2.34. The Bertz CT molecular complexity index is 583. The van der Waals surface area contributed by atoms with Crippen LogP contribution in [0.15, 0.2) is 26.0 Å². The average Bonchev–Trinajstić information content (AvgIpc) is 2.32. The minimum Gasteiger partial charge on any atom is -0.207 e. The molecule has 19 heavy (non-hydrogen) atoms. The van der Waals surface area contributed by atoms with Gasteiger partial charge in [0.15, 0.2) is 0 Å². The van der Waals surface area contributed by atoms with Crippen molar-refractivity contribution in [1.29, 1.82) is 0 Å². The zero-order chi connectivity index (χ0) is 15.0. The van der Waals surface area contributed by atoms with Gasteiger partial charge in [0.2, 0.25) is 10.0 Å². The van der Waals surface area contributed by atoms with Gasteiger partial charge in [-0.1, -0.05) is 22.9 Å². The van der Waals surface area contributed by atoms with Crippen LogP contribution in [0.1, 0.15) is 32.8 Å². The van der Waals surface area contributed by atoms with Crippen molar-refractivity contribution in [2.24, 2.45) is 0 Å². The lowest BCUT2D eigenvalue weighted by molar-refractivity contribution is 0.257. The smallest absolute Gasteiger partial charge is 0.207 e. The molecular weight excluding hydrogens is 394 g/mol. The molecule has 0 unspecified atom stereocenters. The number of sulfonamides is 1. The van der Waals surface area contributed by atoms with Gasteiger partial charge in [0, 0.05) is 21.5 Å². The van der Waals surface area contributed by atoms with Crippen LogP contribution in [0.3, 0.4) is 0 Å². The van der Waals surface area contributed by atoms with Crippen LogP contribution in [-0.2, 0) is 10.0 Å². The van der Waals surface area contributed by atoms with Gasteiger partial charge in [-0.15, -0.1) is 0 Å². The molecule has 0 bridgehead atoms. The minimum atomic E-state index is -3.52. The molecule has 0 N–H and O–H groups in total. The van der Waals surface area contributed by atoms with Crippen molar-refractivity contribution in [3.05, 3.63) is 26.6 Å². The number of benzene rings is 1. The van der Waals surface area contributed by atoms with Gasteiger partial charge in [0.25, 0.3) is 0 Å². The fourth-order valence-corrected chi connectivity index (χ4v) is 4.73. The Balaban J connectivity index is 3.40. The van der Waals surface area contributed by atoms with Crippen LogP contribution in [0.4, 0.5) is 0 Å². The summed E-state index contributed by atoms with van der Waals surface area (Å²) in [6.07, 6.45) is 0.743. The Kier molecular flexibility index (Phi) is 5.26. The van der Waals surface area contributed by atoms with Crippen molar-refractivity contribution >= 4 is 41.9 Å². The maximum atomic E-state index is 12.7. The summed E-state index contributed by atoms with van der Waals surface area (Å²) in [4.78, 5) is 0.286. The van der Waals surface area contributed by atoms with E-state index < -0.39 is 15.6 Å². The summed E-state index contributed by atoms with van der Waals surface area (Å²) >= 11 is 6.73. The maximum Gasteiger partial charge on any atom is 0.244 e. The van der Waals surface area contributed by atoms with Crippen LogP contribution in [0, 0.1) is 6.92 Å². The Morgan fingerprint density at radius 3 is 2.21 bits per heavy atom. The van der Waals surface area contributed by atoms with Crippen LogP contribution >= 0.6 is 31.9 Å². The van der Waals surface area contributed by atoms with Crippen molar-refractivity contribution in [3.63, 3.8) is 0 Å². The molecule has 0 heterocycles. The second kappa shape index (κ2) is 5.84. The molecule has 0 saturated carbocycles. The molecule has 0 spiro atoms. The van der Waals surface area contributed by atoms with E-state index in [0.29, 0.717) is 4.47 Å². The zero-order valence-corrected chi connectivity index (χ0v) is 15.8. The van der Waals surface area contributed by atoms with Gasteiger partial charge in [-0.2, -0.15) is 4.31 Å². The predicted molar refractivity (Wildman–Crippen MR) is 85.9 cm³/mol. The third kappa shape index (κ3) is 3.40. The van der Waals surface area contributed by atoms with Crippen LogP contribution in [0.2, 0.25) is 0 Å². The molecule has 0 aliphatic rings. The molecule has 3 nitrogen and oxygen atoms in total. The molecule has 0 aromatic heterocycles. The number of nitrogens with zero attached hydrogens (tertiary/aromatic N) is 1. The lowest BCUT2D eigenvalue weighted by atomic mass is 10.0.